The number of hydrogen-bond acceptors (Lipinski definition) is 4. The van der Waals surface area contributed by atoms with Gasteiger partial charge < -0.3 is 14.3 Å². The fourth-order valence-corrected chi connectivity index (χ4v) is 1.54. The Balaban J connectivity index is -0.000000244. The number of aliphatic hydroxyl groups excluding tert-OH is 1. The van der Waals surface area contributed by atoms with E-state index in [2.05, 4.69) is 13.8 Å². The van der Waals surface area contributed by atoms with Gasteiger partial charge in [0.1, 0.15) is 12.4 Å². The number of ether oxygens (including phenoxy) is 1. The second-order valence-corrected chi connectivity index (χ2v) is 3.91. The minimum Gasteiger partial charge on any atom is -0.456 e. The van der Waals surface area contributed by atoms with E-state index in [1.807, 2.05) is 0 Å². The third-order valence-corrected chi connectivity index (χ3v) is 2.40. The van der Waals surface area contributed by atoms with E-state index >= 15 is 0 Å². The summed E-state index contributed by atoms with van der Waals surface area (Å²) in [6, 6.07) is 3.07. The molecule has 1 fully saturated rings. The molecule has 0 radical (unpaired) electrons. The van der Waals surface area contributed by atoms with Crippen molar-refractivity contribution in [2.24, 2.45) is 0 Å². The molecule has 2 unspecified atom stereocenters. The van der Waals surface area contributed by atoms with Crippen molar-refractivity contribution >= 4 is 6.29 Å². The summed E-state index contributed by atoms with van der Waals surface area (Å²) < 4.78 is 29.6. The third-order valence-electron chi connectivity index (χ3n) is 2.40. The van der Waals surface area contributed by atoms with Crippen LogP contribution in [0.5, 0.6) is 0 Å². The lowest BCUT2D eigenvalue weighted by Gasteiger charge is -2.01. The molecule has 0 spiro atoms. The van der Waals surface area contributed by atoms with Crippen molar-refractivity contribution in [1.82, 2.24) is 0 Å². The lowest BCUT2D eigenvalue weighted by atomic mass is 10.2. The van der Waals surface area contributed by atoms with E-state index < -0.39 is 0 Å². The van der Waals surface area contributed by atoms with Crippen LogP contribution in [-0.4, -0.2) is 30.8 Å². The van der Waals surface area contributed by atoms with E-state index in [1.54, 1.807) is 6.07 Å². The Labute approximate surface area is 115 Å². The lowest BCUT2D eigenvalue weighted by Crippen LogP contribution is -2.01. The molecule has 1 aliphatic rings. The molecule has 2 heterocycles. The van der Waals surface area contributed by atoms with Crippen molar-refractivity contribution in [1.29, 1.82) is 0 Å². The number of carbonyl (C=O) groups excluding carboxylic acids is 1. The quantitative estimate of drug-likeness (QED) is 0.848. The molecule has 1 aliphatic heterocycles. The summed E-state index contributed by atoms with van der Waals surface area (Å²) in [5.41, 5.74) is 0. The summed E-state index contributed by atoms with van der Waals surface area (Å²) >= 11 is 0. The highest BCUT2D eigenvalue weighted by molar-refractivity contribution is 5.70. The molecule has 1 aromatic heterocycles. The molecule has 4 nitrogen and oxygen atoms in total. The van der Waals surface area contributed by atoms with Crippen LogP contribution in [0.4, 0.5) is 9.09 Å². The SMILES string of the molecule is CC1CCC(C)O1.CF.F.O=Cc1ccc(CO)o1.[2H][3H]. The van der Waals surface area contributed by atoms with E-state index in [-0.39, 0.29) is 17.1 Å². The largest absolute Gasteiger partial charge is 0.456 e. The van der Waals surface area contributed by atoms with E-state index in [0.717, 1.165) is 0 Å². The third kappa shape index (κ3) is 8.45. The lowest BCUT2D eigenvalue weighted by molar-refractivity contribution is 0.0672. The number of hydrogen-bond donors (Lipinski definition) is 1. The molecule has 0 aliphatic carbocycles. The number of rotatable bonds is 2. The highest BCUT2D eigenvalue weighted by Crippen LogP contribution is 2.17. The maximum atomic E-state index is 9.96. The van der Waals surface area contributed by atoms with Crippen LogP contribution < -0.4 is 0 Å². The van der Waals surface area contributed by atoms with Crippen molar-refractivity contribution < 1.29 is 31.1 Å². The van der Waals surface area contributed by atoms with E-state index in [4.69, 9.17) is 17.2 Å². The Hall–Kier alpha value is -1.27. The predicted molar refractivity (Wildman–Crippen MR) is 70.9 cm³/mol. The normalized spacial score (nSPS) is 20.7. The number of furan rings is 1. The predicted octanol–water partition coefficient (Wildman–Crippen LogP) is 3.14. The van der Waals surface area contributed by atoms with Crippen molar-refractivity contribution in [2.75, 3.05) is 7.18 Å². The van der Waals surface area contributed by atoms with Crippen LogP contribution in [0, 0.1) is 0 Å². The van der Waals surface area contributed by atoms with Gasteiger partial charge in [-0.2, -0.15) is 0 Å². The van der Waals surface area contributed by atoms with Gasteiger partial charge in [-0.05, 0) is 38.8 Å². The highest BCUT2D eigenvalue weighted by Gasteiger charge is 2.16. The Morgan fingerprint density at radius 1 is 1.47 bits per heavy atom. The van der Waals surface area contributed by atoms with Crippen LogP contribution in [0.15, 0.2) is 16.5 Å². The molecule has 0 aromatic carbocycles. The van der Waals surface area contributed by atoms with Gasteiger partial charge in [0.05, 0.1) is 19.4 Å². The molecule has 19 heavy (non-hydrogen) atoms. The van der Waals surface area contributed by atoms with E-state index in [9.17, 15) is 9.18 Å². The zero-order valence-corrected chi connectivity index (χ0v) is 11.5. The molecule has 1 saturated heterocycles. The monoisotopic (exact) mass is 285 g/mol. The Morgan fingerprint density at radius 2 is 2.00 bits per heavy atom. The Bertz CT molecular complexity index is 330. The molecule has 1 N–H and O–H groups in total. The number of aliphatic hydroxyl groups is 1. The summed E-state index contributed by atoms with van der Waals surface area (Å²) in [4.78, 5) is 9.96. The molecular formula is C13H24F2O4. The van der Waals surface area contributed by atoms with Gasteiger partial charge in [0, 0.05) is 2.97 Å². The standard InChI is InChI=1S/C6H6O3.C6H12O.CH3F.FH.H2/c7-3-5-1-2-6(4-8)9-5;1-5-3-4-6(2)7-5;1-2;;/h1-3,8H,4H2;5-6H,3-4H2,1-2H3;1H3;2*1H/i;;;;1+2D. The Morgan fingerprint density at radius 3 is 2.21 bits per heavy atom. The molecule has 6 heteroatoms. The molecule has 2 atom stereocenters. The summed E-state index contributed by atoms with van der Waals surface area (Å²) in [5.74, 6) is 0.663. The average molecular weight is 285 g/mol. The van der Waals surface area contributed by atoms with Crippen LogP contribution in [0.25, 0.3) is 0 Å². The van der Waals surface area contributed by atoms with Crippen LogP contribution in [0.3, 0.4) is 0 Å². The van der Waals surface area contributed by atoms with Gasteiger partial charge in [-0.3, -0.25) is 13.9 Å². The summed E-state index contributed by atoms with van der Waals surface area (Å²) in [6.07, 6.45) is 4.14. The van der Waals surface area contributed by atoms with Crippen molar-refractivity contribution in [2.45, 2.75) is 45.5 Å². The zero-order chi connectivity index (χ0) is 16.0. The summed E-state index contributed by atoms with van der Waals surface area (Å²) in [6.45, 7) is 4.10. The van der Waals surface area contributed by atoms with Crippen LogP contribution in [0.1, 0.15) is 46.0 Å². The maximum Gasteiger partial charge on any atom is 0.185 e. The maximum absolute atomic E-state index is 9.96. The average Bonchev–Trinajstić information content (AvgIpc) is 3.12. The first kappa shape index (κ1) is 17.7. The van der Waals surface area contributed by atoms with E-state index in [1.165, 1.54) is 18.9 Å². The number of alkyl halides is 1. The van der Waals surface area contributed by atoms with Crippen molar-refractivity contribution in [3.8, 4) is 0 Å². The van der Waals surface area contributed by atoms with E-state index in [0.29, 0.717) is 31.4 Å². The number of halogens is 2. The number of aldehydes is 1. The van der Waals surface area contributed by atoms with Gasteiger partial charge in [-0.1, -0.05) is 0 Å². The van der Waals surface area contributed by atoms with Crippen LogP contribution in [0.2, 0.25) is 0 Å². The fraction of sp³-hybridized carbons (Fsp3) is 0.615. The van der Waals surface area contributed by atoms with Gasteiger partial charge in [0.15, 0.2) is 12.0 Å². The molecule has 2 rings (SSSR count). The second kappa shape index (κ2) is 11.8. The van der Waals surface area contributed by atoms with Gasteiger partial charge in [0.2, 0.25) is 0 Å². The van der Waals surface area contributed by atoms with Crippen molar-refractivity contribution in [3.63, 3.8) is 0 Å². The fourth-order valence-electron chi connectivity index (χ4n) is 1.54. The van der Waals surface area contributed by atoms with Gasteiger partial charge in [-0.25, -0.2) is 0 Å². The molecule has 1 aromatic rings. The number of carbonyl (C=O) groups is 1. The first-order valence-corrected chi connectivity index (χ1v) is 5.83. The summed E-state index contributed by atoms with van der Waals surface area (Å²) in [5, 5.41) is 8.44. The van der Waals surface area contributed by atoms with Gasteiger partial charge >= 0.3 is 0 Å². The molecule has 0 saturated carbocycles. The topological polar surface area (TPSA) is 59.7 Å². The summed E-state index contributed by atoms with van der Waals surface area (Å²) in [7, 11) is 0.500. The zero-order valence-electron chi connectivity index (χ0n) is 13.5. The van der Waals surface area contributed by atoms with Crippen molar-refractivity contribution in [3.05, 3.63) is 23.7 Å². The van der Waals surface area contributed by atoms with Gasteiger partial charge in [0.25, 0.3) is 0 Å². The highest BCUT2D eigenvalue weighted by atomic mass is 19.1. The van der Waals surface area contributed by atoms with Crippen LogP contribution in [-0.2, 0) is 11.3 Å². The first-order chi connectivity index (χ1) is 9.65. The minimum atomic E-state index is -0.159. The molecular weight excluding hydrogens is 258 g/mol. The first-order valence-electron chi connectivity index (χ1n) is 6.83. The second-order valence-electron chi connectivity index (χ2n) is 3.91. The molecule has 114 valence electrons. The molecule has 0 amide bonds. The van der Waals surface area contributed by atoms with Crippen LogP contribution >= 0.6 is 0 Å². The Kier molecular flexibility index (Phi) is 11.0. The smallest absolute Gasteiger partial charge is 0.185 e. The molecule has 0 bridgehead atoms. The minimum absolute atomic E-state index is 0. The van der Waals surface area contributed by atoms with Gasteiger partial charge in [-0.15, -0.1) is 0 Å².